The summed E-state index contributed by atoms with van der Waals surface area (Å²) in [5.74, 6) is -4.20. The first-order chi connectivity index (χ1) is 46.6. The Labute approximate surface area is 558 Å². The van der Waals surface area contributed by atoms with Gasteiger partial charge in [-0.1, -0.05) is 132 Å². The van der Waals surface area contributed by atoms with Crippen molar-refractivity contribution in [3.05, 3.63) is 179 Å². The number of aliphatic carboxylic acids is 1. The number of amides is 4. The number of hydrogen-bond acceptors (Lipinski definition) is 20. The molecule has 5 aromatic carbocycles. The van der Waals surface area contributed by atoms with E-state index < -0.39 is 128 Å². The van der Waals surface area contributed by atoms with Gasteiger partial charge in [0.2, 0.25) is 17.5 Å². The summed E-state index contributed by atoms with van der Waals surface area (Å²) in [4.78, 5) is 103. The summed E-state index contributed by atoms with van der Waals surface area (Å²) in [5, 5.41) is 105. The van der Waals surface area contributed by atoms with Crippen molar-refractivity contribution in [2.75, 3.05) is 13.1 Å². The fourth-order valence-electron chi connectivity index (χ4n) is 12.1. The van der Waals surface area contributed by atoms with Gasteiger partial charge < -0.3 is 66.5 Å². The van der Waals surface area contributed by atoms with Crippen LogP contribution in [0.4, 0.5) is 0 Å². The van der Waals surface area contributed by atoms with E-state index in [9.17, 15) is 74.1 Å². The summed E-state index contributed by atoms with van der Waals surface area (Å²) in [6, 6.07) is 36.3. The van der Waals surface area contributed by atoms with Gasteiger partial charge in [0, 0.05) is 74.9 Å². The number of hydrogen-bond donors (Lipinski definition) is 11. The maximum absolute atomic E-state index is 13.2. The number of aryl methyl sites for hydroxylation is 2. The van der Waals surface area contributed by atoms with Crippen LogP contribution in [0.15, 0.2) is 146 Å². The van der Waals surface area contributed by atoms with Crippen LogP contribution < -0.4 is 21.3 Å². The summed E-state index contributed by atoms with van der Waals surface area (Å²) in [7, 11) is 0. The molecule has 4 heterocycles. The average molecular weight is 1330 g/mol. The Hall–Kier alpha value is -9.58. The number of Topliss-reactive ketones (excluding diaryl/α,β-unsaturated/α-hetero) is 2. The van der Waals surface area contributed by atoms with Crippen LogP contribution in [0.25, 0.3) is 22.3 Å². The highest BCUT2D eigenvalue weighted by Gasteiger charge is 2.57. The first kappa shape index (κ1) is 71.7. The van der Waals surface area contributed by atoms with E-state index in [1.807, 2.05) is 60.7 Å². The van der Waals surface area contributed by atoms with Gasteiger partial charge >= 0.3 is 5.97 Å². The Balaban J connectivity index is 0.697. The minimum atomic E-state index is -2.46. The van der Waals surface area contributed by atoms with E-state index in [4.69, 9.17) is 9.47 Å². The highest BCUT2D eigenvalue weighted by Crippen LogP contribution is 2.37. The van der Waals surface area contributed by atoms with Crippen molar-refractivity contribution in [3.63, 3.8) is 0 Å². The van der Waals surface area contributed by atoms with E-state index in [2.05, 4.69) is 41.9 Å². The number of carboxylic acids is 1. The molecule has 2 fully saturated rings. The molecule has 2 aliphatic heterocycles. The Morgan fingerprint density at radius 3 is 1.34 bits per heavy atom. The molecule has 12 atom stereocenters. The van der Waals surface area contributed by atoms with Crippen LogP contribution >= 0.6 is 0 Å². The van der Waals surface area contributed by atoms with Crippen LogP contribution in [0.2, 0.25) is 0 Å². The number of aromatic nitrogens is 6. The maximum atomic E-state index is 13.2. The number of ketones is 2. The second-order valence-corrected chi connectivity index (χ2v) is 24.5. The van der Waals surface area contributed by atoms with Gasteiger partial charge in [-0.3, -0.25) is 33.6 Å². The van der Waals surface area contributed by atoms with Gasteiger partial charge in [0.1, 0.15) is 24.4 Å². The molecule has 27 heteroatoms. The highest BCUT2D eigenvalue weighted by molar-refractivity contribution is 5.99. The first-order valence-electron chi connectivity index (χ1n) is 32.1. The van der Waals surface area contributed by atoms with E-state index >= 15 is 0 Å². The molecule has 7 aromatic rings. The standard InChI is InChI=1S/C70H80N10O17/c1-42(82)73-60-56(86)35-69(41-81,96-64(60)62(90)58(88)37-71-66(92)50-31-23-46(24-32-50)44-15-7-3-8-16-44)79-39-52(75-77-79)19-11-5-13-21-54(84)48-27-29-49(30-28-48)55(85)22-14-6-12-20-53-40-80(78-76-53)70(68(94)95)36-57(87)61(74-43(2)83)65(97-70)63(91)59(89)38-72-67(93)51-33-25-47(26-34-51)45-17-9-4-10-18-45/h3-4,7-10,15-18,23-34,39-41,56-65,86-91H,5-6,11-14,19-22,35-38H2,1-2H3,(H,71,92)(H,72,93)(H,73,82)(H,74,83)(H,94,95)/t56-,57-,58+,59+,60+,61+,62+,63+,64+,65+,69+,70+/m0/s1. The lowest BCUT2D eigenvalue weighted by Gasteiger charge is -2.46. The normalized spacial score (nSPS) is 22.0. The SMILES string of the molecule is CC(=O)N[C@H]1[C@H]([C@H](O)[C@H](O)CNC(=O)c2ccc(-c3ccccc3)cc2)O[C@](C=O)(n2cc(CCCCCC(=O)c3ccc(C(=O)CCCCCc4cn([C@]5(C(=O)O)C[C@H](O)[C@@H](NC(C)=O)[C@H]([C@H](O)[C@H](O)CNC(=O)c6ccc(-c7ccccc7)cc6)O5)nn4)cc3)nn2)C[C@@H]1O. The lowest BCUT2D eigenvalue weighted by Crippen LogP contribution is -2.67. The van der Waals surface area contributed by atoms with E-state index in [1.165, 1.54) is 19.3 Å². The summed E-state index contributed by atoms with van der Waals surface area (Å²) < 4.78 is 14.2. The van der Waals surface area contributed by atoms with Crippen molar-refractivity contribution in [1.29, 1.82) is 0 Å². The molecule has 0 saturated carbocycles. The fraction of sp³-hybridized carbons (Fsp3) is 0.400. The zero-order valence-electron chi connectivity index (χ0n) is 53.5. The van der Waals surface area contributed by atoms with Gasteiger partial charge in [0.25, 0.3) is 17.5 Å². The van der Waals surface area contributed by atoms with E-state index in [0.29, 0.717) is 85.7 Å². The highest BCUT2D eigenvalue weighted by atomic mass is 16.6. The van der Waals surface area contributed by atoms with Crippen LogP contribution in [-0.4, -0.2) is 187 Å². The molecule has 9 rings (SSSR count). The van der Waals surface area contributed by atoms with Crippen molar-refractivity contribution in [1.82, 2.24) is 51.3 Å². The second-order valence-electron chi connectivity index (χ2n) is 24.5. The Bertz CT molecular complexity index is 3840. The van der Waals surface area contributed by atoms with Crippen molar-refractivity contribution in [3.8, 4) is 22.3 Å². The largest absolute Gasteiger partial charge is 0.478 e. The van der Waals surface area contributed by atoms with Crippen LogP contribution in [0.3, 0.4) is 0 Å². The molecule has 2 saturated heterocycles. The van der Waals surface area contributed by atoms with Crippen LogP contribution in [0.1, 0.15) is 131 Å². The van der Waals surface area contributed by atoms with E-state index in [0.717, 1.165) is 38.5 Å². The van der Waals surface area contributed by atoms with Gasteiger partial charge in [-0.15, -0.1) is 10.2 Å². The number of rotatable bonds is 32. The third kappa shape index (κ3) is 17.9. The van der Waals surface area contributed by atoms with Crippen molar-refractivity contribution < 1.29 is 83.6 Å². The number of aliphatic hydroxyl groups is 6. The number of nitrogens with one attached hydrogen (secondary N) is 4. The maximum Gasteiger partial charge on any atom is 0.359 e. The summed E-state index contributed by atoms with van der Waals surface area (Å²) in [6.45, 7) is 1.37. The van der Waals surface area contributed by atoms with Gasteiger partial charge in [0.15, 0.2) is 17.9 Å². The fourth-order valence-corrected chi connectivity index (χ4v) is 12.1. The summed E-state index contributed by atoms with van der Waals surface area (Å²) in [5.41, 5.74) is 1.42. The Morgan fingerprint density at radius 1 is 0.526 bits per heavy atom. The number of nitrogens with zero attached hydrogens (tertiary/aromatic N) is 6. The smallest absolute Gasteiger partial charge is 0.359 e. The molecule has 0 unspecified atom stereocenters. The monoisotopic (exact) mass is 1330 g/mol. The van der Waals surface area contributed by atoms with Crippen LogP contribution in [0.5, 0.6) is 0 Å². The van der Waals surface area contributed by atoms with Crippen molar-refractivity contribution >= 4 is 47.5 Å². The van der Waals surface area contributed by atoms with Gasteiger partial charge in [-0.05, 0) is 85.0 Å². The lowest BCUT2D eigenvalue weighted by molar-refractivity contribution is -0.257. The Kier molecular flexibility index (Phi) is 24.3. The Morgan fingerprint density at radius 2 is 0.918 bits per heavy atom. The molecule has 0 spiro atoms. The van der Waals surface area contributed by atoms with Gasteiger partial charge in [-0.25, -0.2) is 14.2 Å². The zero-order chi connectivity index (χ0) is 69.4. The number of carbonyl (C=O) groups excluding carboxylic acids is 7. The third-order valence-electron chi connectivity index (χ3n) is 17.4. The number of benzene rings is 5. The minimum Gasteiger partial charge on any atom is -0.478 e. The molecule has 4 amide bonds. The number of carbonyl (C=O) groups is 8. The van der Waals surface area contributed by atoms with E-state index in [-0.39, 0.29) is 30.0 Å². The molecule has 2 aliphatic rings. The van der Waals surface area contributed by atoms with Gasteiger partial charge in [-0.2, -0.15) is 0 Å². The second kappa shape index (κ2) is 32.9. The quantitative estimate of drug-likeness (QED) is 0.0163. The summed E-state index contributed by atoms with van der Waals surface area (Å²) >= 11 is 0. The molecule has 0 bridgehead atoms. The predicted molar refractivity (Wildman–Crippen MR) is 348 cm³/mol. The van der Waals surface area contributed by atoms with Crippen LogP contribution in [0, 0.1) is 0 Å². The molecule has 512 valence electrons. The molecule has 11 N–H and O–H groups in total. The number of ether oxygens (including phenoxy) is 2. The number of unbranched alkanes of at least 4 members (excludes halogenated alkanes) is 4. The van der Waals surface area contributed by atoms with Crippen LogP contribution in [-0.2, 0) is 52.9 Å². The number of carboxylic acid groups (broad SMARTS) is 1. The first-order valence-corrected chi connectivity index (χ1v) is 32.1. The topological polar surface area (TPSA) is 406 Å². The number of aliphatic hydroxyl groups excluding tert-OH is 6. The summed E-state index contributed by atoms with van der Waals surface area (Å²) in [6.07, 6.45) is -7.13. The average Bonchev–Trinajstić information content (AvgIpc) is 1.72. The lowest BCUT2D eigenvalue weighted by atomic mass is 9.87. The predicted octanol–water partition coefficient (Wildman–Crippen LogP) is 3.38. The molecule has 97 heavy (non-hydrogen) atoms. The van der Waals surface area contributed by atoms with E-state index in [1.54, 1.807) is 72.8 Å². The molecule has 0 radical (unpaired) electrons. The van der Waals surface area contributed by atoms with Crippen molar-refractivity contribution in [2.24, 2.45) is 0 Å². The third-order valence-corrected chi connectivity index (χ3v) is 17.4. The number of aldehydes is 1. The van der Waals surface area contributed by atoms with Gasteiger partial charge in [0.05, 0.1) is 60.3 Å². The molecule has 2 aromatic heterocycles. The zero-order valence-corrected chi connectivity index (χ0v) is 53.5. The minimum absolute atomic E-state index is 0.121. The molecular weight excluding hydrogens is 1250 g/mol. The molecule has 0 aliphatic carbocycles. The molecule has 27 nitrogen and oxygen atoms in total. The van der Waals surface area contributed by atoms with Crippen molar-refractivity contribution in [2.45, 2.75) is 163 Å². The molecular formula is C70H80N10O17.